The molecule has 0 aliphatic carbocycles. The van der Waals surface area contributed by atoms with Crippen LogP contribution in [0.1, 0.15) is 27.7 Å². The zero-order valence-electron chi connectivity index (χ0n) is 12.4. The minimum Gasteiger partial charge on any atom is -0.322 e. The van der Waals surface area contributed by atoms with Gasteiger partial charge in [0.25, 0.3) is 0 Å². The Morgan fingerprint density at radius 1 is 0.650 bits per heavy atom. The first-order valence-electron chi connectivity index (χ1n) is 6.52. The molecule has 0 amide bonds. The Balaban J connectivity index is 4.20. The number of hydrogen-bond donors (Lipinski definition) is 0. The van der Waals surface area contributed by atoms with Gasteiger partial charge < -0.3 is 18.1 Å². The van der Waals surface area contributed by atoms with E-state index in [0.717, 1.165) is 11.5 Å². The maximum atomic E-state index is 5.58. The molecule has 0 heterocycles. The van der Waals surface area contributed by atoms with Gasteiger partial charge in [0, 0.05) is 11.5 Å². The molecule has 4 nitrogen and oxygen atoms in total. The second-order valence-corrected chi connectivity index (χ2v) is 16.1. The second kappa shape index (κ2) is 12.3. The van der Waals surface area contributed by atoms with E-state index in [1.807, 2.05) is 27.7 Å². The first-order chi connectivity index (χ1) is 9.45. The van der Waals surface area contributed by atoms with Gasteiger partial charge in [0.05, 0.1) is 26.4 Å². The van der Waals surface area contributed by atoms with Gasteiger partial charge in [-0.25, -0.2) is 0 Å². The van der Waals surface area contributed by atoms with Crippen LogP contribution >= 0.6 is 34.2 Å². The summed E-state index contributed by atoms with van der Waals surface area (Å²) in [4.78, 5) is 0. The van der Waals surface area contributed by atoms with Gasteiger partial charge in [-0.3, -0.25) is 0 Å². The molecule has 0 radical (unpaired) electrons. The summed E-state index contributed by atoms with van der Waals surface area (Å²) in [7, 11) is 0. The van der Waals surface area contributed by atoms with Crippen LogP contribution in [-0.4, -0.2) is 37.9 Å². The average Bonchev–Trinajstić information content (AvgIpc) is 2.36. The van der Waals surface area contributed by atoms with Crippen molar-refractivity contribution in [2.45, 2.75) is 27.7 Å². The SMILES string of the molecule is CCOP(=S)(OCC)SCCSP(=S)(OCC)OCC. The van der Waals surface area contributed by atoms with E-state index < -0.39 is 11.4 Å². The van der Waals surface area contributed by atoms with Crippen molar-refractivity contribution in [2.75, 3.05) is 37.9 Å². The van der Waals surface area contributed by atoms with Crippen molar-refractivity contribution in [1.82, 2.24) is 0 Å². The summed E-state index contributed by atoms with van der Waals surface area (Å²) < 4.78 is 22.3. The normalized spacial score (nSPS) is 12.8. The smallest absolute Gasteiger partial charge is 0.247 e. The summed E-state index contributed by atoms with van der Waals surface area (Å²) in [5, 5.41) is 0. The Morgan fingerprint density at radius 2 is 0.900 bits per heavy atom. The maximum absolute atomic E-state index is 5.58. The lowest BCUT2D eigenvalue weighted by Crippen LogP contribution is -1.96. The van der Waals surface area contributed by atoms with Gasteiger partial charge in [-0.05, 0) is 51.3 Å². The van der Waals surface area contributed by atoms with Crippen molar-refractivity contribution < 1.29 is 18.1 Å². The van der Waals surface area contributed by atoms with Gasteiger partial charge >= 0.3 is 0 Å². The Bertz CT molecular complexity index is 291. The molecule has 0 spiro atoms. The fraction of sp³-hybridized carbons (Fsp3) is 1.00. The Hall–Kier alpha value is 1.84. The highest BCUT2D eigenvalue weighted by molar-refractivity contribution is 8.69. The molecule has 0 N–H and O–H groups in total. The topological polar surface area (TPSA) is 36.9 Å². The second-order valence-electron chi connectivity index (χ2n) is 3.23. The van der Waals surface area contributed by atoms with Crippen molar-refractivity contribution in [1.29, 1.82) is 0 Å². The van der Waals surface area contributed by atoms with Crippen LogP contribution in [0.15, 0.2) is 0 Å². The quantitative estimate of drug-likeness (QED) is 0.315. The van der Waals surface area contributed by atoms with E-state index in [1.165, 1.54) is 0 Å². The third-order valence-corrected chi connectivity index (χ3v) is 13.1. The van der Waals surface area contributed by atoms with Crippen LogP contribution in [0.5, 0.6) is 0 Å². The Kier molecular flexibility index (Phi) is 13.4. The van der Waals surface area contributed by atoms with E-state index in [0.29, 0.717) is 26.4 Å². The van der Waals surface area contributed by atoms with Crippen LogP contribution < -0.4 is 0 Å². The van der Waals surface area contributed by atoms with E-state index in [1.54, 1.807) is 22.8 Å². The molecule has 0 rings (SSSR count). The first kappa shape index (κ1) is 21.8. The predicted molar refractivity (Wildman–Crippen MR) is 100.0 cm³/mol. The molecule has 122 valence electrons. The largest absolute Gasteiger partial charge is 0.322 e. The van der Waals surface area contributed by atoms with Crippen molar-refractivity contribution in [3.8, 4) is 0 Å². The monoisotopic (exact) mass is 398 g/mol. The summed E-state index contributed by atoms with van der Waals surface area (Å²) in [5.41, 5.74) is -4.40. The molecule has 0 aromatic rings. The first-order valence-corrected chi connectivity index (χ1v) is 15.0. The zero-order valence-corrected chi connectivity index (χ0v) is 17.5. The summed E-state index contributed by atoms with van der Waals surface area (Å²) >= 11 is 14.0. The van der Waals surface area contributed by atoms with Gasteiger partial charge in [0.15, 0.2) is 0 Å². The van der Waals surface area contributed by atoms with Gasteiger partial charge in [-0.15, -0.1) is 0 Å². The number of hydrogen-bond acceptors (Lipinski definition) is 8. The van der Waals surface area contributed by atoms with Gasteiger partial charge in [-0.2, -0.15) is 0 Å². The minimum atomic E-state index is -2.20. The lowest BCUT2D eigenvalue weighted by atomic mass is 10.9. The fourth-order valence-corrected chi connectivity index (χ4v) is 11.4. The van der Waals surface area contributed by atoms with E-state index >= 15 is 0 Å². The molecule has 0 fully saturated rings. The molecule has 20 heavy (non-hydrogen) atoms. The molecule has 0 atom stereocenters. The summed E-state index contributed by atoms with van der Waals surface area (Å²) in [6.07, 6.45) is 0. The van der Waals surface area contributed by atoms with Crippen molar-refractivity contribution in [3.05, 3.63) is 0 Å². The molecule has 0 saturated carbocycles. The highest BCUT2D eigenvalue weighted by Gasteiger charge is 2.21. The van der Waals surface area contributed by atoms with Gasteiger partial charge in [0.2, 0.25) is 11.4 Å². The van der Waals surface area contributed by atoms with Crippen molar-refractivity contribution in [3.63, 3.8) is 0 Å². The molecule has 0 saturated heterocycles. The predicted octanol–water partition coefficient (Wildman–Crippen LogP) is 5.05. The highest BCUT2D eigenvalue weighted by Crippen LogP contribution is 2.64. The molecule has 0 aliphatic heterocycles. The molecule has 0 aromatic carbocycles. The van der Waals surface area contributed by atoms with Crippen LogP contribution in [0.2, 0.25) is 0 Å². The third-order valence-electron chi connectivity index (χ3n) is 1.73. The van der Waals surface area contributed by atoms with Crippen LogP contribution in [-0.2, 0) is 41.7 Å². The molecule has 0 unspecified atom stereocenters. The summed E-state index contributed by atoms with van der Waals surface area (Å²) in [6.45, 7) is 10.0. The van der Waals surface area contributed by atoms with E-state index in [2.05, 4.69) is 0 Å². The molecule has 10 heteroatoms. The van der Waals surface area contributed by atoms with Crippen molar-refractivity contribution in [2.24, 2.45) is 0 Å². The highest BCUT2D eigenvalue weighted by atomic mass is 32.9. The van der Waals surface area contributed by atoms with Crippen LogP contribution in [0, 0.1) is 0 Å². The minimum absolute atomic E-state index is 0.577. The Morgan fingerprint density at radius 3 is 1.10 bits per heavy atom. The summed E-state index contributed by atoms with van der Waals surface area (Å²) in [6, 6.07) is 0. The van der Waals surface area contributed by atoms with Crippen LogP contribution in [0.3, 0.4) is 0 Å². The molecule has 0 aromatic heterocycles. The average molecular weight is 399 g/mol. The van der Waals surface area contributed by atoms with Crippen molar-refractivity contribution >= 4 is 57.8 Å². The standard InChI is InChI=1S/C10H24O4P2S4/c1-5-11-15(17,12-6-2)19-9-10-20-16(18,13-7-3)14-8-4/h5-10H2,1-4H3. The van der Waals surface area contributed by atoms with Crippen LogP contribution in [0.4, 0.5) is 0 Å². The van der Waals surface area contributed by atoms with Gasteiger partial charge in [-0.1, -0.05) is 22.8 Å². The molecular formula is C10H24O4P2S4. The van der Waals surface area contributed by atoms with E-state index in [9.17, 15) is 0 Å². The summed E-state index contributed by atoms with van der Waals surface area (Å²) in [5.74, 6) is 1.64. The maximum Gasteiger partial charge on any atom is 0.247 e. The Labute approximate surface area is 141 Å². The molecule has 0 bridgehead atoms. The third kappa shape index (κ3) is 9.78. The lowest BCUT2D eigenvalue weighted by molar-refractivity contribution is 0.280. The van der Waals surface area contributed by atoms with E-state index in [4.69, 9.17) is 41.7 Å². The zero-order chi connectivity index (χ0) is 15.5. The molecule has 0 aliphatic rings. The number of rotatable bonds is 13. The fourth-order valence-electron chi connectivity index (χ4n) is 1.15. The molecular weight excluding hydrogens is 374 g/mol. The lowest BCUT2D eigenvalue weighted by Gasteiger charge is -2.22. The van der Waals surface area contributed by atoms with Gasteiger partial charge in [0.1, 0.15) is 0 Å². The van der Waals surface area contributed by atoms with Crippen LogP contribution in [0.25, 0.3) is 0 Å². The van der Waals surface area contributed by atoms with E-state index in [-0.39, 0.29) is 0 Å².